The normalized spacial score (nSPS) is 15.0. The van der Waals surface area contributed by atoms with Gasteiger partial charge in [-0.15, -0.1) is 0 Å². The molecule has 116 valence electrons. The summed E-state index contributed by atoms with van der Waals surface area (Å²) in [6.07, 6.45) is 2.38. The molecule has 0 spiro atoms. The van der Waals surface area contributed by atoms with Gasteiger partial charge in [-0.1, -0.05) is 0 Å². The summed E-state index contributed by atoms with van der Waals surface area (Å²) in [6.45, 7) is 1.16. The van der Waals surface area contributed by atoms with E-state index in [2.05, 4.69) is 4.72 Å². The summed E-state index contributed by atoms with van der Waals surface area (Å²) in [5, 5.41) is 0. The Morgan fingerprint density at radius 3 is 2.67 bits per heavy atom. The third-order valence-corrected chi connectivity index (χ3v) is 4.71. The molecule has 0 bridgehead atoms. The number of benzene rings is 1. The molecule has 0 aromatic heterocycles. The van der Waals surface area contributed by atoms with Crippen molar-refractivity contribution in [3.8, 4) is 0 Å². The van der Waals surface area contributed by atoms with E-state index in [1.54, 1.807) is 0 Å². The number of hydrogen-bond donors (Lipinski definition) is 3. The topological polar surface area (TPSA) is 125 Å². The van der Waals surface area contributed by atoms with Gasteiger partial charge in [0.1, 0.15) is 4.90 Å². The Bertz CT molecular complexity index is 626. The van der Waals surface area contributed by atoms with Gasteiger partial charge in [0.15, 0.2) is 0 Å². The summed E-state index contributed by atoms with van der Waals surface area (Å²) < 4.78 is 31.9. The fraction of sp³-hybridized carbons (Fsp3) is 0.462. The van der Waals surface area contributed by atoms with Crippen LogP contribution in [0.15, 0.2) is 23.1 Å². The number of amides is 1. The van der Waals surface area contributed by atoms with Crippen LogP contribution in [0.5, 0.6) is 0 Å². The molecule has 1 amide bonds. The van der Waals surface area contributed by atoms with Crippen molar-refractivity contribution in [3.63, 3.8) is 0 Å². The van der Waals surface area contributed by atoms with Crippen LogP contribution in [-0.4, -0.2) is 34.1 Å². The van der Waals surface area contributed by atoms with Crippen molar-refractivity contribution in [2.75, 3.05) is 25.5 Å². The van der Waals surface area contributed by atoms with E-state index in [9.17, 15) is 13.2 Å². The van der Waals surface area contributed by atoms with Crippen LogP contribution in [0, 0.1) is 5.92 Å². The van der Waals surface area contributed by atoms with E-state index in [1.165, 1.54) is 31.0 Å². The Balaban J connectivity index is 1.92. The fourth-order valence-corrected chi connectivity index (χ4v) is 2.93. The zero-order chi connectivity index (χ0) is 15.5. The minimum absolute atomic E-state index is 0.0160. The summed E-state index contributed by atoms with van der Waals surface area (Å²) in [5.41, 5.74) is 10.9. The summed E-state index contributed by atoms with van der Waals surface area (Å²) in [4.78, 5) is 10.9. The van der Waals surface area contributed by atoms with Crippen LogP contribution in [0.4, 0.5) is 5.69 Å². The number of ether oxygens (including phenoxy) is 1. The van der Waals surface area contributed by atoms with E-state index in [1.807, 2.05) is 0 Å². The highest BCUT2D eigenvalue weighted by Crippen LogP contribution is 2.28. The van der Waals surface area contributed by atoms with E-state index < -0.39 is 15.9 Å². The largest absolute Gasteiger partial charge is 0.398 e. The maximum atomic E-state index is 12.1. The van der Waals surface area contributed by atoms with Crippen molar-refractivity contribution in [1.29, 1.82) is 0 Å². The molecule has 1 aliphatic rings. The van der Waals surface area contributed by atoms with Gasteiger partial charge >= 0.3 is 0 Å². The number of carbonyl (C=O) groups is 1. The molecule has 0 unspecified atom stereocenters. The van der Waals surface area contributed by atoms with Crippen LogP contribution in [0.25, 0.3) is 0 Å². The molecule has 0 atom stereocenters. The van der Waals surface area contributed by atoms with Gasteiger partial charge in [0.05, 0.1) is 12.3 Å². The third kappa shape index (κ3) is 4.42. The van der Waals surface area contributed by atoms with Gasteiger partial charge in [-0.3, -0.25) is 4.79 Å². The first kappa shape index (κ1) is 15.7. The molecule has 1 aromatic carbocycles. The van der Waals surface area contributed by atoms with E-state index >= 15 is 0 Å². The molecule has 21 heavy (non-hydrogen) atoms. The van der Waals surface area contributed by atoms with E-state index in [0.717, 1.165) is 0 Å². The first-order valence-corrected chi connectivity index (χ1v) is 8.15. The molecule has 0 radical (unpaired) electrons. The molecular weight excluding hydrogens is 294 g/mol. The Labute approximate surface area is 123 Å². The second kappa shape index (κ2) is 6.42. The number of primary amides is 1. The monoisotopic (exact) mass is 313 g/mol. The van der Waals surface area contributed by atoms with Crippen molar-refractivity contribution in [1.82, 2.24) is 4.72 Å². The molecule has 8 heteroatoms. The van der Waals surface area contributed by atoms with Gasteiger partial charge in [-0.2, -0.15) is 0 Å². The van der Waals surface area contributed by atoms with E-state index in [-0.39, 0.29) is 22.7 Å². The van der Waals surface area contributed by atoms with Crippen LogP contribution in [0.2, 0.25) is 0 Å². The number of anilines is 1. The smallest absolute Gasteiger partial charge is 0.248 e. The number of carbonyl (C=O) groups excluding carboxylic acids is 1. The first-order valence-electron chi connectivity index (χ1n) is 6.67. The summed E-state index contributed by atoms with van der Waals surface area (Å²) in [5.74, 6) is -0.0225. The van der Waals surface area contributed by atoms with Crippen molar-refractivity contribution < 1.29 is 17.9 Å². The molecule has 0 aliphatic heterocycles. The third-order valence-electron chi connectivity index (χ3n) is 3.17. The fourth-order valence-electron chi connectivity index (χ4n) is 1.81. The van der Waals surface area contributed by atoms with Gasteiger partial charge in [-0.05, 0) is 37.0 Å². The molecule has 1 aliphatic carbocycles. The van der Waals surface area contributed by atoms with Crippen LogP contribution in [0.1, 0.15) is 23.2 Å². The first-order chi connectivity index (χ1) is 9.90. The lowest BCUT2D eigenvalue weighted by Gasteiger charge is -2.10. The van der Waals surface area contributed by atoms with Crippen molar-refractivity contribution >= 4 is 21.6 Å². The predicted molar refractivity (Wildman–Crippen MR) is 78.1 cm³/mol. The second-order valence-corrected chi connectivity index (χ2v) is 6.77. The second-order valence-electron chi connectivity index (χ2n) is 5.03. The number of nitrogen functional groups attached to an aromatic ring is 1. The summed E-state index contributed by atoms with van der Waals surface area (Å²) >= 11 is 0. The molecule has 5 N–H and O–H groups in total. The molecule has 1 saturated carbocycles. The van der Waals surface area contributed by atoms with E-state index in [4.69, 9.17) is 16.2 Å². The van der Waals surface area contributed by atoms with Crippen LogP contribution in [-0.2, 0) is 14.8 Å². The number of nitrogens with one attached hydrogen (secondary N) is 1. The van der Waals surface area contributed by atoms with Gasteiger partial charge in [-0.25, -0.2) is 13.1 Å². The highest BCUT2D eigenvalue weighted by atomic mass is 32.2. The predicted octanol–water partition coefficient (Wildman–Crippen LogP) is 0.0726. The van der Waals surface area contributed by atoms with Gasteiger partial charge in [0, 0.05) is 18.7 Å². The lowest BCUT2D eigenvalue weighted by molar-refractivity contribution is 0.1000. The van der Waals surface area contributed by atoms with Gasteiger partial charge in [0.25, 0.3) is 0 Å². The lowest BCUT2D eigenvalue weighted by Crippen LogP contribution is -2.28. The lowest BCUT2D eigenvalue weighted by atomic mass is 10.2. The Morgan fingerprint density at radius 2 is 2.10 bits per heavy atom. The zero-order valence-electron chi connectivity index (χ0n) is 11.5. The molecular formula is C13H19N3O4S. The number of sulfonamides is 1. The van der Waals surface area contributed by atoms with Crippen LogP contribution >= 0.6 is 0 Å². The average molecular weight is 313 g/mol. The molecule has 1 fully saturated rings. The van der Waals surface area contributed by atoms with Crippen molar-refractivity contribution in [2.24, 2.45) is 11.7 Å². The number of rotatable bonds is 8. The molecule has 1 aromatic rings. The Morgan fingerprint density at radius 1 is 1.38 bits per heavy atom. The quantitative estimate of drug-likeness (QED) is 0.463. The average Bonchev–Trinajstić information content (AvgIpc) is 3.21. The standard InChI is InChI=1S/C13H19N3O4S/c14-11-7-10(13(15)17)3-4-12(11)21(18,19)16-5-6-20-8-9-1-2-9/h3-4,7,9,16H,1-2,5-6,8,14H2,(H2,15,17). The maximum absolute atomic E-state index is 12.1. The molecule has 0 saturated heterocycles. The van der Waals surface area contributed by atoms with Crippen LogP contribution in [0.3, 0.4) is 0 Å². The summed E-state index contributed by atoms with van der Waals surface area (Å²) in [6, 6.07) is 3.85. The highest BCUT2D eigenvalue weighted by molar-refractivity contribution is 7.89. The SMILES string of the molecule is NC(=O)c1ccc(S(=O)(=O)NCCOCC2CC2)c(N)c1. The zero-order valence-corrected chi connectivity index (χ0v) is 12.4. The summed E-state index contributed by atoms with van der Waals surface area (Å²) in [7, 11) is -3.73. The minimum Gasteiger partial charge on any atom is -0.398 e. The van der Waals surface area contributed by atoms with Gasteiger partial charge < -0.3 is 16.2 Å². The Kier molecular flexibility index (Phi) is 4.81. The van der Waals surface area contributed by atoms with Crippen molar-refractivity contribution in [2.45, 2.75) is 17.7 Å². The van der Waals surface area contributed by atoms with Crippen molar-refractivity contribution in [3.05, 3.63) is 23.8 Å². The molecule has 0 heterocycles. The minimum atomic E-state index is -3.73. The molecule has 7 nitrogen and oxygen atoms in total. The maximum Gasteiger partial charge on any atom is 0.248 e. The molecule has 2 rings (SSSR count). The Hall–Kier alpha value is -1.64. The highest BCUT2D eigenvalue weighted by Gasteiger charge is 2.21. The van der Waals surface area contributed by atoms with E-state index in [0.29, 0.717) is 19.1 Å². The van der Waals surface area contributed by atoms with Crippen LogP contribution < -0.4 is 16.2 Å². The number of nitrogens with two attached hydrogens (primary N) is 2. The number of hydrogen-bond acceptors (Lipinski definition) is 5. The van der Waals surface area contributed by atoms with Gasteiger partial charge in [0.2, 0.25) is 15.9 Å².